The first kappa shape index (κ1) is 22.4. The van der Waals surface area contributed by atoms with Crippen LogP contribution in [0.3, 0.4) is 0 Å². The van der Waals surface area contributed by atoms with E-state index >= 15 is 0 Å². The third-order valence-electron chi connectivity index (χ3n) is 0. The van der Waals surface area contributed by atoms with E-state index in [0.29, 0.717) is 0 Å². The van der Waals surface area contributed by atoms with E-state index in [4.69, 9.17) is 30.0 Å². The van der Waals surface area contributed by atoms with E-state index in [9.17, 15) is 0 Å². The standard InChI is InChI=1S/2CH2O3.Ca.Mg.4H/c2*2-1(3)4;;;;;;/h2*(H2,2,3,4);;;;;;/q;;2*+2;4*-1. The van der Waals surface area contributed by atoms with Gasteiger partial charge in [-0.25, -0.2) is 9.59 Å². The molecule has 0 saturated heterocycles. The van der Waals surface area contributed by atoms with Crippen molar-refractivity contribution in [3.8, 4) is 0 Å². The minimum atomic E-state index is -1.83. The van der Waals surface area contributed by atoms with Gasteiger partial charge in [-0.2, -0.15) is 0 Å². The summed E-state index contributed by atoms with van der Waals surface area (Å²) in [6, 6.07) is 0. The third kappa shape index (κ3) is 1530. The largest absolute Gasteiger partial charge is 2.00 e. The normalized spacial score (nSPS) is 4.80. The summed E-state index contributed by atoms with van der Waals surface area (Å²) >= 11 is 0. The number of carboxylic acid groups (broad SMARTS) is 4. The number of carbonyl (C=O) groups is 2. The van der Waals surface area contributed by atoms with E-state index in [2.05, 4.69) is 0 Å². The summed E-state index contributed by atoms with van der Waals surface area (Å²) in [6.07, 6.45) is -3.67. The van der Waals surface area contributed by atoms with Gasteiger partial charge < -0.3 is 26.1 Å². The van der Waals surface area contributed by atoms with Crippen molar-refractivity contribution in [1.29, 1.82) is 0 Å². The molecule has 0 amide bonds. The fourth-order valence-electron chi connectivity index (χ4n) is 0. The van der Waals surface area contributed by atoms with Crippen LogP contribution in [0.1, 0.15) is 5.71 Å². The Morgan fingerprint density at radius 1 is 0.900 bits per heavy atom. The minimum absolute atomic E-state index is 0. The van der Waals surface area contributed by atoms with Crippen LogP contribution < -0.4 is 0 Å². The Hall–Kier alpha value is 0.566. The average Bonchev–Trinajstić information content (AvgIpc) is 1.25. The van der Waals surface area contributed by atoms with E-state index < -0.39 is 12.3 Å². The molecule has 0 aliphatic rings. The Morgan fingerprint density at radius 2 is 0.900 bits per heavy atom. The molecule has 0 fully saturated rings. The Bertz CT molecular complexity index is 85.8. The Morgan fingerprint density at radius 3 is 0.900 bits per heavy atom. The van der Waals surface area contributed by atoms with Gasteiger partial charge in [0.25, 0.3) is 0 Å². The second-order valence-corrected chi connectivity index (χ2v) is 0.565. The van der Waals surface area contributed by atoms with Gasteiger partial charge in [0, 0.05) is 0 Å². The molecule has 56 valence electrons. The Kier molecular flexibility index (Phi) is 36.5. The second kappa shape index (κ2) is 16.3. The van der Waals surface area contributed by atoms with Crippen molar-refractivity contribution in [1.82, 2.24) is 0 Å². The molecule has 0 spiro atoms. The first-order valence-electron chi connectivity index (χ1n) is 1.30. The van der Waals surface area contributed by atoms with E-state index in [1.807, 2.05) is 0 Å². The minimum Gasteiger partial charge on any atom is -1.00 e. The van der Waals surface area contributed by atoms with Crippen molar-refractivity contribution < 1.29 is 35.7 Å². The maximum absolute atomic E-state index is 8.56. The van der Waals surface area contributed by atoms with Gasteiger partial charge >= 0.3 is 73.1 Å². The first-order valence-corrected chi connectivity index (χ1v) is 1.30. The van der Waals surface area contributed by atoms with Crippen molar-refractivity contribution in [3.05, 3.63) is 0 Å². The van der Waals surface area contributed by atoms with Gasteiger partial charge in [0.1, 0.15) is 0 Å². The quantitative estimate of drug-likeness (QED) is 0.406. The maximum atomic E-state index is 8.56. The van der Waals surface area contributed by atoms with E-state index in [1.165, 1.54) is 0 Å². The van der Waals surface area contributed by atoms with Crippen LogP contribution in [-0.2, 0) is 0 Å². The number of hydrogen-bond donors (Lipinski definition) is 4. The fraction of sp³-hybridized carbons (Fsp3) is 0. The Balaban J connectivity index is -0.00000000600. The van der Waals surface area contributed by atoms with Crippen molar-refractivity contribution in [3.63, 3.8) is 0 Å². The molecular weight excluding hydrogens is 184 g/mol. The van der Waals surface area contributed by atoms with E-state index in [0.717, 1.165) is 0 Å². The fourth-order valence-corrected chi connectivity index (χ4v) is 0. The van der Waals surface area contributed by atoms with Crippen LogP contribution in [-0.4, -0.2) is 93.5 Å². The predicted octanol–water partition coefficient (Wildman–Crippen LogP) is 0.133. The molecule has 0 saturated carbocycles. The van der Waals surface area contributed by atoms with Crippen molar-refractivity contribution in [2.24, 2.45) is 0 Å². The molecule has 0 aliphatic carbocycles. The molecule has 0 bridgehead atoms. The average molecular weight is 192 g/mol. The zero-order valence-corrected chi connectivity index (χ0v) is 8.64. The smallest absolute Gasteiger partial charge is 1.00 e. The van der Waals surface area contributed by atoms with E-state index in [1.54, 1.807) is 0 Å². The third-order valence-corrected chi connectivity index (χ3v) is 0. The SMILES string of the molecule is O=C(O)O.O=C(O)O.[Ca+2].[H-].[H-].[H-].[H-].[Mg+2]. The predicted molar refractivity (Wildman–Crippen MR) is 37.3 cm³/mol. The van der Waals surface area contributed by atoms with Gasteiger partial charge in [-0.1, -0.05) is 0 Å². The van der Waals surface area contributed by atoms with Gasteiger partial charge in [0.15, 0.2) is 0 Å². The zero-order valence-electron chi connectivity index (χ0n) is 9.02. The van der Waals surface area contributed by atoms with Crippen LogP contribution in [0.15, 0.2) is 0 Å². The molecule has 6 nitrogen and oxygen atoms in total. The molecule has 0 unspecified atom stereocenters. The molecule has 0 atom stereocenters. The van der Waals surface area contributed by atoms with Crippen LogP contribution in [0.25, 0.3) is 0 Å². The number of rotatable bonds is 0. The molecule has 0 aromatic rings. The summed E-state index contributed by atoms with van der Waals surface area (Å²) in [5, 5.41) is 27.9. The van der Waals surface area contributed by atoms with Crippen molar-refractivity contribution in [2.75, 3.05) is 0 Å². The van der Waals surface area contributed by atoms with E-state index in [-0.39, 0.29) is 66.5 Å². The molecule has 10 heavy (non-hydrogen) atoms. The van der Waals surface area contributed by atoms with Crippen LogP contribution in [0, 0.1) is 0 Å². The molecule has 0 heterocycles. The molecule has 0 aromatic heterocycles. The topological polar surface area (TPSA) is 115 Å². The molecule has 8 heteroatoms. The summed E-state index contributed by atoms with van der Waals surface area (Å²) < 4.78 is 0. The Labute approximate surface area is 108 Å². The summed E-state index contributed by atoms with van der Waals surface area (Å²) in [6.45, 7) is 0. The molecule has 0 radical (unpaired) electrons. The van der Waals surface area contributed by atoms with Crippen LogP contribution in [0.2, 0.25) is 0 Å². The summed E-state index contributed by atoms with van der Waals surface area (Å²) in [5.41, 5.74) is 0. The second-order valence-electron chi connectivity index (χ2n) is 0.565. The maximum Gasteiger partial charge on any atom is 2.00 e. The van der Waals surface area contributed by atoms with Crippen molar-refractivity contribution >= 4 is 73.1 Å². The summed E-state index contributed by atoms with van der Waals surface area (Å²) in [4.78, 5) is 17.1. The number of hydrogen-bond acceptors (Lipinski definition) is 2. The first-order chi connectivity index (χ1) is 3.46. The zero-order chi connectivity index (χ0) is 7.15. The molecule has 0 rings (SSSR count). The van der Waals surface area contributed by atoms with Gasteiger partial charge in [-0.05, 0) is 0 Å². The van der Waals surface area contributed by atoms with Crippen LogP contribution >= 0.6 is 0 Å². The van der Waals surface area contributed by atoms with Gasteiger partial charge in [-0.3, -0.25) is 0 Å². The van der Waals surface area contributed by atoms with Crippen LogP contribution in [0.5, 0.6) is 0 Å². The summed E-state index contributed by atoms with van der Waals surface area (Å²) in [7, 11) is 0. The molecular formula is C2H8CaMgO6. The monoisotopic (exact) mass is 192 g/mol. The van der Waals surface area contributed by atoms with Crippen molar-refractivity contribution in [2.45, 2.75) is 0 Å². The van der Waals surface area contributed by atoms with Gasteiger partial charge in [0.2, 0.25) is 0 Å². The molecule has 0 aliphatic heterocycles. The van der Waals surface area contributed by atoms with Gasteiger partial charge in [0.05, 0.1) is 0 Å². The summed E-state index contributed by atoms with van der Waals surface area (Å²) in [5.74, 6) is 0. The van der Waals surface area contributed by atoms with Gasteiger partial charge in [-0.15, -0.1) is 0 Å². The van der Waals surface area contributed by atoms with Crippen LogP contribution in [0.4, 0.5) is 9.59 Å². The molecule has 0 aromatic carbocycles. The molecule has 4 N–H and O–H groups in total.